The summed E-state index contributed by atoms with van der Waals surface area (Å²) in [5.41, 5.74) is 0.332. The van der Waals surface area contributed by atoms with E-state index in [1.807, 2.05) is 13.8 Å². The third-order valence-electron chi connectivity index (χ3n) is 3.08. The number of non-ortho nitro benzene ring substituents is 1. The van der Waals surface area contributed by atoms with Crippen LogP contribution in [0.2, 0.25) is 5.02 Å². The van der Waals surface area contributed by atoms with E-state index in [0.717, 1.165) is 17.7 Å². The molecule has 0 spiro atoms. The fourth-order valence-corrected chi connectivity index (χ4v) is 2.20. The van der Waals surface area contributed by atoms with E-state index in [9.17, 15) is 14.5 Å². The minimum absolute atomic E-state index is 0.109. The minimum Gasteiger partial charge on any atom is -0.481 e. The van der Waals surface area contributed by atoms with Crippen molar-refractivity contribution in [2.75, 3.05) is 7.11 Å². The van der Waals surface area contributed by atoms with Crippen molar-refractivity contribution in [3.8, 4) is 17.4 Å². The molecule has 0 aliphatic rings. The molecule has 0 aliphatic carbocycles. The van der Waals surface area contributed by atoms with Crippen molar-refractivity contribution in [1.29, 1.82) is 0 Å². The average molecular weight is 341 g/mol. The Labute approximate surface area is 137 Å². The van der Waals surface area contributed by atoms with Gasteiger partial charge in [-0.05, 0) is 12.0 Å². The SMILES string of the molecule is COc1ncc(Oc2c(F)cc([N+](=O)[O-])cc2Cl)cc1C(C)C. The van der Waals surface area contributed by atoms with Gasteiger partial charge in [-0.3, -0.25) is 10.1 Å². The van der Waals surface area contributed by atoms with Gasteiger partial charge in [0.05, 0.1) is 29.3 Å². The summed E-state index contributed by atoms with van der Waals surface area (Å²) in [4.78, 5) is 14.0. The maximum atomic E-state index is 14.0. The number of benzene rings is 1. The summed E-state index contributed by atoms with van der Waals surface area (Å²) >= 11 is 5.87. The molecule has 0 atom stereocenters. The number of methoxy groups -OCH3 is 1. The van der Waals surface area contributed by atoms with Crippen molar-refractivity contribution >= 4 is 17.3 Å². The van der Waals surface area contributed by atoms with Crippen LogP contribution in [0.3, 0.4) is 0 Å². The zero-order chi connectivity index (χ0) is 17.1. The third-order valence-corrected chi connectivity index (χ3v) is 3.36. The molecule has 2 aromatic rings. The molecule has 1 heterocycles. The Morgan fingerprint density at radius 3 is 2.57 bits per heavy atom. The van der Waals surface area contributed by atoms with E-state index in [2.05, 4.69) is 4.98 Å². The molecule has 122 valence electrons. The van der Waals surface area contributed by atoms with Crippen molar-refractivity contribution in [3.63, 3.8) is 0 Å². The van der Waals surface area contributed by atoms with Gasteiger partial charge in [-0.2, -0.15) is 0 Å². The molecule has 8 heteroatoms. The lowest BCUT2D eigenvalue weighted by Gasteiger charge is -2.13. The smallest absolute Gasteiger partial charge is 0.274 e. The second kappa shape index (κ2) is 6.78. The van der Waals surface area contributed by atoms with E-state index in [-0.39, 0.29) is 22.4 Å². The van der Waals surface area contributed by atoms with Crippen LogP contribution in [0, 0.1) is 15.9 Å². The number of hydrogen-bond acceptors (Lipinski definition) is 5. The van der Waals surface area contributed by atoms with Gasteiger partial charge in [0.15, 0.2) is 11.6 Å². The summed E-state index contributed by atoms with van der Waals surface area (Å²) in [6, 6.07) is 3.44. The van der Waals surface area contributed by atoms with E-state index in [4.69, 9.17) is 21.1 Å². The molecule has 0 unspecified atom stereocenters. The van der Waals surface area contributed by atoms with Gasteiger partial charge in [0.2, 0.25) is 5.88 Å². The number of aromatic nitrogens is 1. The second-order valence-electron chi connectivity index (χ2n) is 5.02. The van der Waals surface area contributed by atoms with Crippen molar-refractivity contribution in [3.05, 3.63) is 50.9 Å². The molecule has 0 fully saturated rings. The van der Waals surface area contributed by atoms with Gasteiger partial charge in [-0.1, -0.05) is 25.4 Å². The summed E-state index contributed by atoms with van der Waals surface area (Å²) in [7, 11) is 1.50. The molecule has 0 amide bonds. The molecule has 0 N–H and O–H groups in total. The largest absolute Gasteiger partial charge is 0.481 e. The molecule has 6 nitrogen and oxygen atoms in total. The molecule has 1 aromatic heterocycles. The quantitative estimate of drug-likeness (QED) is 0.582. The lowest BCUT2D eigenvalue weighted by Crippen LogP contribution is -1.99. The number of pyridine rings is 1. The number of ether oxygens (including phenoxy) is 2. The third kappa shape index (κ3) is 3.68. The lowest BCUT2D eigenvalue weighted by atomic mass is 10.1. The fraction of sp³-hybridized carbons (Fsp3) is 0.267. The summed E-state index contributed by atoms with van der Waals surface area (Å²) < 4.78 is 24.6. The molecule has 23 heavy (non-hydrogen) atoms. The molecule has 0 aliphatic heterocycles. The van der Waals surface area contributed by atoms with Gasteiger partial charge in [-0.25, -0.2) is 9.37 Å². The first kappa shape index (κ1) is 17.0. The van der Waals surface area contributed by atoms with E-state index < -0.39 is 16.4 Å². The van der Waals surface area contributed by atoms with Gasteiger partial charge in [0.25, 0.3) is 5.69 Å². The van der Waals surface area contributed by atoms with Crippen LogP contribution in [0.15, 0.2) is 24.4 Å². The zero-order valence-corrected chi connectivity index (χ0v) is 13.4. The normalized spacial score (nSPS) is 10.7. The highest BCUT2D eigenvalue weighted by Gasteiger charge is 2.19. The van der Waals surface area contributed by atoms with Gasteiger partial charge in [-0.15, -0.1) is 0 Å². The van der Waals surface area contributed by atoms with E-state index in [1.54, 1.807) is 6.07 Å². The van der Waals surface area contributed by atoms with Gasteiger partial charge >= 0.3 is 0 Å². The molecule has 0 saturated heterocycles. The summed E-state index contributed by atoms with van der Waals surface area (Å²) in [6.07, 6.45) is 1.36. The van der Waals surface area contributed by atoms with E-state index in [0.29, 0.717) is 5.88 Å². The fourth-order valence-electron chi connectivity index (χ4n) is 1.96. The van der Waals surface area contributed by atoms with Crippen LogP contribution in [-0.2, 0) is 0 Å². The highest BCUT2D eigenvalue weighted by atomic mass is 35.5. The Kier molecular flexibility index (Phi) is 5.00. The molecule has 2 rings (SSSR count). The molecule has 0 bridgehead atoms. The first-order valence-electron chi connectivity index (χ1n) is 6.68. The first-order valence-corrected chi connectivity index (χ1v) is 7.06. The molecular formula is C15H14ClFN2O4. The van der Waals surface area contributed by atoms with Crippen LogP contribution in [0.25, 0.3) is 0 Å². The molecule has 0 saturated carbocycles. The average Bonchev–Trinajstić information content (AvgIpc) is 2.50. The second-order valence-corrected chi connectivity index (χ2v) is 5.43. The predicted octanol–water partition coefficient (Wildman–Crippen LogP) is 4.71. The summed E-state index contributed by atoms with van der Waals surface area (Å²) in [6.45, 7) is 3.89. The zero-order valence-electron chi connectivity index (χ0n) is 12.7. The Hall–Kier alpha value is -2.41. The number of nitro benzene ring substituents is 1. The standard InChI is InChI=1S/C15H14ClFN2O4/c1-8(2)11-6-10(7-18-15(11)22-3)23-14-12(16)4-9(19(20)21)5-13(14)17/h4-8H,1-3H3. The molecular weight excluding hydrogens is 327 g/mol. The van der Waals surface area contributed by atoms with Gasteiger partial charge < -0.3 is 9.47 Å². The predicted molar refractivity (Wildman–Crippen MR) is 83.0 cm³/mol. The number of halogens is 2. The van der Waals surface area contributed by atoms with Crippen molar-refractivity contribution in [2.24, 2.45) is 0 Å². The monoisotopic (exact) mass is 340 g/mol. The number of hydrogen-bond donors (Lipinski definition) is 0. The maximum absolute atomic E-state index is 14.0. The van der Waals surface area contributed by atoms with Crippen molar-refractivity contribution < 1.29 is 18.8 Å². The number of rotatable bonds is 5. The highest BCUT2D eigenvalue weighted by Crippen LogP contribution is 2.37. The van der Waals surface area contributed by atoms with Crippen LogP contribution in [-0.4, -0.2) is 17.0 Å². The minimum atomic E-state index is -0.925. The Morgan fingerprint density at radius 1 is 1.35 bits per heavy atom. The number of nitro groups is 1. The van der Waals surface area contributed by atoms with Crippen LogP contribution >= 0.6 is 11.6 Å². The topological polar surface area (TPSA) is 74.5 Å². The highest BCUT2D eigenvalue weighted by molar-refractivity contribution is 6.32. The van der Waals surface area contributed by atoms with E-state index >= 15 is 0 Å². The first-order chi connectivity index (χ1) is 10.8. The molecule has 0 radical (unpaired) electrons. The molecule has 1 aromatic carbocycles. The Balaban J connectivity index is 2.40. The number of nitrogens with zero attached hydrogens (tertiary/aromatic N) is 2. The Morgan fingerprint density at radius 2 is 2.04 bits per heavy atom. The van der Waals surface area contributed by atoms with Gasteiger partial charge in [0, 0.05) is 11.6 Å². The maximum Gasteiger partial charge on any atom is 0.274 e. The Bertz CT molecular complexity index is 729. The summed E-state index contributed by atoms with van der Waals surface area (Å²) in [5.74, 6) is -0.407. The van der Waals surface area contributed by atoms with Crippen LogP contribution < -0.4 is 9.47 Å². The van der Waals surface area contributed by atoms with Gasteiger partial charge in [0.1, 0.15) is 5.75 Å². The summed E-state index contributed by atoms with van der Waals surface area (Å²) in [5, 5.41) is 10.5. The lowest BCUT2D eigenvalue weighted by molar-refractivity contribution is -0.385. The van der Waals surface area contributed by atoms with E-state index in [1.165, 1.54) is 13.3 Å². The van der Waals surface area contributed by atoms with Crippen LogP contribution in [0.5, 0.6) is 17.4 Å². The van der Waals surface area contributed by atoms with Crippen LogP contribution in [0.1, 0.15) is 25.3 Å². The van der Waals surface area contributed by atoms with Crippen LogP contribution in [0.4, 0.5) is 10.1 Å². The van der Waals surface area contributed by atoms with Crippen molar-refractivity contribution in [2.45, 2.75) is 19.8 Å². The van der Waals surface area contributed by atoms with Crippen molar-refractivity contribution in [1.82, 2.24) is 4.98 Å².